The van der Waals surface area contributed by atoms with Gasteiger partial charge in [0.1, 0.15) is 0 Å². The molecule has 0 atom stereocenters. The van der Waals surface area contributed by atoms with E-state index in [4.69, 9.17) is 5.26 Å². The van der Waals surface area contributed by atoms with Gasteiger partial charge in [0.2, 0.25) is 0 Å². The molecule has 1 amide bonds. The summed E-state index contributed by atoms with van der Waals surface area (Å²) in [6.45, 7) is 0.499. The zero-order valence-electron chi connectivity index (χ0n) is 10.6. The van der Waals surface area contributed by atoms with E-state index in [2.05, 4.69) is 11.1 Å². The maximum Gasteiger partial charge on any atom is 0.255 e. The number of rotatable bonds is 3. The Kier molecular flexibility index (Phi) is 3.89. The summed E-state index contributed by atoms with van der Waals surface area (Å²) in [5, 5.41) is 8.73. The van der Waals surface area contributed by atoms with Gasteiger partial charge in [-0.3, -0.25) is 9.78 Å². The van der Waals surface area contributed by atoms with Crippen LogP contribution in [0, 0.1) is 11.3 Å². The molecule has 0 N–H and O–H groups in total. The summed E-state index contributed by atoms with van der Waals surface area (Å²) in [5.74, 6) is -0.0718. The molecule has 0 fully saturated rings. The molecular weight excluding hydrogens is 238 g/mol. The van der Waals surface area contributed by atoms with Gasteiger partial charge < -0.3 is 4.90 Å². The summed E-state index contributed by atoms with van der Waals surface area (Å²) >= 11 is 0. The average Bonchev–Trinajstić information content (AvgIpc) is 2.48. The van der Waals surface area contributed by atoms with Gasteiger partial charge in [0.05, 0.1) is 17.2 Å². The van der Waals surface area contributed by atoms with Crippen LogP contribution in [0.25, 0.3) is 0 Å². The van der Waals surface area contributed by atoms with Crippen LogP contribution >= 0.6 is 0 Å². The number of nitriles is 1. The molecule has 94 valence electrons. The van der Waals surface area contributed by atoms with Crippen LogP contribution in [0.3, 0.4) is 0 Å². The first-order valence-electron chi connectivity index (χ1n) is 5.85. The van der Waals surface area contributed by atoms with Gasteiger partial charge >= 0.3 is 0 Å². The van der Waals surface area contributed by atoms with E-state index in [1.54, 1.807) is 48.6 Å². The highest BCUT2D eigenvalue weighted by molar-refractivity contribution is 5.93. The van der Waals surface area contributed by atoms with Crippen LogP contribution in [0.5, 0.6) is 0 Å². The number of amides is 1. The number of aromatic nitrogens is 1. The first kappa shape index (κ1) is 12.8. The zero-order chi connectivity index (χ0) is 13.7. The number of hydrogen-bond acceptors (Lipinski definition) is 3. The largest absolute Gasteiger partial charge is 0.337 e. The molecule has 4 nitrogen and oxygen atoms in total. The van der Waals surface area contributed by atoms with Crippen molar-refractivity contribution in [1.82, 2.24) is 9.88 Å². The molecule has 0 bridgehead atoms. The number of pyridine rings is 1. The van der Waals surface area contributed by atoms with Crippen LogP contribution in [0.1, 0.15) is 21.5 Å². The van der Waals surface area contributed by atoms with Crippen LogP contribution in [-0.4, -0.2) is 22.8 Å². The normalized spacial score (nSPS) is 9.68. The smallest absolute Gasteiger partial charge is 0.255 e. The molecule has 4 heteroatoms. The van der Waals surface area contributed by atoms with Crippen LogP contribution in [-0.2, 0) is 6.54 Å². The Morgan fingerprint density at radius 1 is 1.32 bits per heavy atom. The quantitative estimate of drug-likeness (QED) is 0.840. The lowest BCUT2D eigenvalue weighted by Crippen LogP contribution is -2.26. The summed E-state index contributed by atoms with van der Waals surface area (Å²) in [7, 11) is 1.74. The Labute approximate surface area is 111 Å². The highest BCUT2D eigenvalue weighted by Crippen LogP contribution is 2.09. The third kappa shape index (κ3) is 3.17. The van der Waals surface area contributed by atoms with Crippen molar-refractivity contribution in [2.75, 3.05) is 7.05 Å². The van der Waals surface area contributed by atoms with Crippen molar-refractivity contribution < 1.29 is 4.79 Å². The van der Waals surface area contributed by atoms with Gasteiger partial charge in [-0.25, -0.2) is 0 Å². The lowest BCUT2D eigenvalue weighted by molar-refractivity contribution is 0.0784. The Balaban J connectivity index is 2.06. The van der Waals surface area contributed by atoms with Gasteiger partial charge in [0.25, 0.3) is 5.91 Å². The number of carbonyl (C=O) groups excluding carboxylic acids is 1. The van der Waals surface area contributed by atoms with E-state index in [0.29, 0.717) is 17.7 Å². The summed E-state index contributed by atoms with van der Waals surface area (Å²) in [5.41, 5.74) is 2.17. The maximum atomic E-state index is 12.1. The molecule has 0 spiro atoms. The monoisotopic (exact) mass is 251 g/mol. The van der Waals surface area contributed by atoms with Crippen molar-refractivity contribution in [2.24, 2.45) is 0 Å². The predicted octanol–water partition coefficient (Wildman–Crippen LogP) is 2.23. The molecule has 0 saturated heterocycles. The van der Waals surface area contributed by atoms with Crippen molar-refractivity contribution in [2.45, 2.75) is 6.54 Å². The van der Waals surface area contributed by atoms with Gasteiger partial charge in [-0.15, -0.1) is 0 Å². The molecule has 2 aromatic rings. The Hall–Kier alpha value is -2.67. The predicted molar refractivity (Wildman–Crippen MR) is 71.2 cm³/mol. The highest BCUT2D eigenvalue weighted by atomic mass is 16.2. The van der Waals surface area contributed by atoms with E-state index in [1.165, 1.54) is 0 Å². The van der Waals surface area contributed by atoms with E-state index < -0.39 is 0 Å². The highest BCUT2D eigenvalue weighted by Gasteiger charge is 2.11. The molecule has 19 heavy (non-hydrogen) atoms. The molecule has 1 heterocycles. The minimum atomic E-state index is -0.0718. The number of benzene rings is 1. The third-order valence-corrected chi connectivity index (χ3v) is 2.76. The van der Waals surface area contributed by atoms with Gasteiger partial charge in [-0.1, -0.05) is 12.1 Å². The van der Waals surface area contributed by atoms with Crippen molar-refractivity contribution >= 4 is 5.91 Å². The van der Waals surface area contributed by atoms with Gasteiger partial charge in [0.15, 0.2) is 0 Å². The molecule has 0 saturated carbocycles. The zero-order valence-corrected chi connectivity index (χ0v) is 10.6. The summed E-state index contributed by atoms with van der Waals surface area (Å²) in [6.07, 6.45) is 3.19. The second-order valence-corrected chi connectivity index (χ2v) is 4.21. The van der Waals surface area contributed by atoms with E-state index >= 15 is 0 Å². The minimum absolute atomic E-state index is 0.0718. The molecule has 0 unspecified atom stereocenters. The second kappa shape index (κ2) is 5.78. The molecule has 2 rings (SSSR count). The summed E-state index contributed by atoms with van der Waals surface area (Å²) in [4.78, 5) is 17.7. The van der Waals surface area contributed by atoms with Crippen molar-refractivity contribution in [3.63, 3.8) is 0 Å². The van der Waals surface area contributed by atoms with Crippen molar-refractivity contribution in [3.05, 3.63) is 65.5 Å². The fraction of sp³-hybridized carbons (Fsp3) is 0.133. The first-order chi connectivity index (χ1) is 9.20. The molecule has 1 aromatic heterocycles. The number of hydrogen-bond donors (Lipinski definition) is 0. The van der Waals surface area contributed by atoms with Gasteiger partial charge in [-0.2, -0.15) is 5.26 Å². The van der Waals surface area contributed by atoms with Crippen LogP contribution in [0.15, 0.2) is 48.8 Å². The number of carbonyl (C=O) groups is 1. The fourth-order valence-electron chi connectivity index (χ4n) is 1.74. The second-order valence-electron chi connectivity index (χ2n) is 4.21. The molecule has 0 aliphatic rings. The maximum absolute atomic E-state index is 12.1. The van der Waals surface area contributed by atoms with Crippen molar-refractivity contribution in [3.8, 4) is 6.07 Å². The lowest BCUT2D eigenvalue weighted by atomic mass is 10.1. The average molecular weight is 251 g/mol. The Bertz CT molecular complexity index is 600. The SMILES string of the molecule is CN(Cc1ccc(C#N)cc1)C(=O)c1cccnc1. The minimum Gasteiger partial charge on any atom is -0.337 e. The standard InChI is InChI=1S/C15H13N3O/c1-18(15(19)14-3-2-8-17-10-14)11-13-6-4-12(9-16)5-7-13/h2-8,10H,11H2,1H3. The first-order valence-corrected chi connectivity index (χ1v) is 5.85. The van der Waals surface area contributed by atoms with E-state index in [9.17, 15) is 4.79 Å². The molecular formula is C15H13N3O. The molecule has 0 radical (unpaired) electrons. The van der Waals surface area contributed by atoms with Crippen LogP contribution in [0.4, 0.5) is 0 Å². The van der Waals surface area contributed by atoms with E-state index in [1.807, 2.05) is 12.1 Å². The molecule has 0 aliphatic heterocycles. The van der Waals surface area contributed by atoms with Crippen molar-refractivity contribution in [1.29, 1.82) is 5.26 Å². The van der Waals surface area contributed by atoms with E-state index in [-0.39, 0.29) is 5.91 Å². The van der Waals surface area contributed by atoms with Crippen LogP contribution in [0.2, 0.25) is 0 Å². The van der Waals surface area contributed by atoms with E-state index in [0.717, 1.165) is 5.56 Å². The number of nitrogens with zero attached hydrogens (tertiary/aromatic N) is 3. The topological polar surface area (TPSA) is 57.0 Å². The van der Waals surface area contributed by atoms with Crippen LogP contribution < -0.4 is 0 Å². The fourth-order valence-corrected chi connectivity index (χ4v) is 1.74. The lowest BCUT2D eigenvalue weighted by Gasteiger charge is -2.17. The Morgan fingerprint density at radius 2 is 2.05 bits per heavy atom. The molecule has 1 aromatic carbocycles. The Morgan fingerprint density at radius 3 is 2.63 bits per heavy atom. The third-order valence-electron chi connectivity index (χ3n) is 2.76. The summed E-state index contributed by atoms with van der Waals surface area (Å²) in [6, 6.07) is 12.7. The summed E-state index contributed by atoms with van der Waals surface area (Å²) < 4.78 is 0. The van der Waals surface area contributed by atoms with Gasteiger partial charge in [0, 0.05) is 26.0 Å². The van der Waals surface area contributed by atoms with Gasteiger partial charge in [-0.05, 0) is 29.8 Å². The molecule has 0 aliphatic carbocycles.